The molecule has 0 aromatic heterocycles. The van der Waals surface area contributed by atoms with E-state index in [1.54, 1.807) is 0 Å². The van der Waals surface area contributed by atoms with E-state index in [2.05, 4.69) is 12.1 Å². The quantitative estimate of drug-likeness (QED) is 0.934. The monoisotopic (exact) mass is 286 g/mol. The first-order valence-corrected chi connectivity index (χ1v) is 6.90. The Kier molecular flexibility index (Phi) is 3.60. The van der Waals surface area contributed by atoms with Crippen molar-refractivity contribution in [2.45, 2.75) is 25.9 Å². The summed E-state index contributed by atoms with van der Waals surface area (Å²) in [6, 6.07) is 9.59. The minimum absolute atomic E-state index is 0.0300. The molecule has 1 aliphatic carbocycles. The van der Waals surface area contributed by atoms with E-state index in [9.17, 15) is 9.18 Å². The van der Waals surface area contributed by atoms with E-state index in [4.69, 9.17) is 9.84 Å². The predicted molar refractivity (Wildman–Crippen MR) is 76.2 cm³/mol. The number of aryl methyl sites for hydroxylation is 2. The summed E-state index contributed by atoms with van der Waals surface area (Å²) in [5.74, 6) is -1.58. The van der Waals surface area contributed by atoms with Crippen LogP contribution < -0.4 is 4.74 Å². The van der Waals surface area contributed by atoms with Crippen LogP contribution in [0.15, 0.2) is 36.4 Å². The molecule has 0 saturated heterocycles. The SMILES string of the molecule is O=C(O)c1ccc(F)cc1OCc1ccc2c(c1)CCC2. The Morgan fingerprint density at radius 1 is 1.14 bits per heavy atom. The summed E-state index contributed by atoms with van der Waals surface area (Å²) in [4.78, 5) is 11.1. The second-order valence-corrected chi connectivity index (χ2v) is 5.19. The molecule has 0 saturated carbocycles. The van der Waals surface area contributed by atoms with E-state index in [-0.39, 0.29) is 17.9 Å². The molecule has 2 aromatic carbocycles. The summed E-state index contributed by atoms with van der Waals surface area (Å²) in [6.07, 6.45) is 3.36. The molecule has 0 heterocycles. The first-order chi connectivity index (χ1) is 10.1. The van der Waals surface area contributed by atoms with Gasteiger partial charge in [-0.3, -0.25) is 0 Å². The maximum absolute atomic E-state index is 13.2. The number of carbonyl (C=O) groups is 1. The van der Waals surface area contributed by atoms with Gasteiger partial charge in [0.15, 0.2) is 0 Å². The van der Waals surface area contributed by atoms with Crippen molar-refractivity contribution in [2.75, 3.05) is 0 Å². The first-order valence-electron chi connectivity index (χ1n) is 6.90. The van der Waals surface area contributed by atoms with Crippen molar-refractivity contribution in [3.63, 3.8) is 0 Å². The normalized spacial score (nSPS) is 13.0. The van der Waals surface area contributed by atoms with Gasteiger partial charge in [-0.2, -0.15) is 0 Å². The Hall–Kier alpha value is -2.36. The maximum Gasteiger partial charge on any atom is 0.339 e. The number of ether oxygens (including phenoxy) is 1. The molecule has 0 atom stereocenters. The van der Waals surface area contributed by atoms with Gasteiger partial charge in [0.1, 0.15) is 23.7 Å². The van der Waals surface area contributed by atoms with Crippen LogP contribution in [0.5, 0.6) is 5.75 Å². The number of benzene rings is 2. The molecule has 1 N–H and O–H groups in total. The van der Waals surface area contributed by atoms with Crippen LogP contribution >= 0.6 is 0 Å². The second kappa shape index (κ2) is 5.56. The third kappa shape index (κ3) is 2.89. The van der Waals surface area contributed by atoms with Crippen LogP contribution in [0.25, 0.3) is 0 Å². The van der Waals surface area contributed by atoms with Crippen molar-refractivity contribution in [1.82, 2.24) is 0 Å². The van der Waals surface area contributed by atoms with Gasteiger partial charge in [0.25, 0.3) is 0 Å². The number of rotatable bonds is 4. The van der Waals surface area contributed by atoms with Crippen molar-refractivity contribution in [2.24, 2.45) is 0 Å². The molecular weight excluding hydrogens is 271 g/mol. The highest BCUT2D eigenvalue weighted by Gasteiger charge is 2.14. The number of hydrogen-bond acceptors (Lipinski definition) is 2. The molecule has 0 unspecified atom stereocenters. The van der Waals surface area contributed by atoms with Gasteiger partial charge >= 0.3 is 5.97 Å². The lowest BCUT2D eigenvalue weighted by molar-refractivity contribution is 0.0691. The summed E-state index contributed by atoms with van der Waals surface area (Å²) >= 11 is 0. The third-order valence-electron chi connectivity index (χ3n) is 3.73. The molecule has 0 radical (unpaired) electrons. The zero-order valence-corrected chi connectivity index (χ0v) is 11.4. The zero-order valence-electron chi connectivity index (χ0n) is 11.4. The summed E-state index contributed by atoms with van der Waals surface area (Å²) in [7, 11) is 0. The van der Waals surface area contributed by atoms with E-state index in [0.717, 1.165) is 30.5 Å². The topological polar surface area (TPSA) is 46.5 Å². The van der Waals surface area contributed by atoms with Crippen LogP contribution in [-0.2, 0) is 19.4 Å². The molecule has 0 bridgehead atoms. The largest absolute Gasteiger partial charge is 0.488 e. The molecule has 21 heavy (non-hydrogen) atoms. The molecule has 108 valence electrons. The number of aromatic carboxylic acids is 1. The Balaban J connectivity index is 1.78. The number of carboxylic acid groups (broad SMARTS) is 1. The third-order valence-corrected chi connectivity index (χ3v) is 3.73. The van der Waals surface area contributed by atoms with Crippen molar-refractivity contribution in [3.8, 4) is 5.75 Å². The summed E-state index contributed by atoms with van der Waals surface area (Å²) in [5, 5.41) is 9.08. The van der Waals surface area contributed by atoms with Gasteiger partial charge in [-0.25, -0.2) is 9.18 Å². The van der Waals surface area contributed by atoms with Gasteiger partial charge in [0.05, 0.1) is 0 Å². The van der Waals surface area contributed by atoms with Gasteiger partial charge in [-0.15, -0.1) is 0 Å². The van der Waals surface area contributed by atoms with Crippen molar-refractivity contribution >= 4 is 5.97 Å². The van der Waals surface area contributed by atoms with E-state index >= 15 is 0 Å². The minimum Gasteiger partial charge on any atom is -0.488 e. The molecule has 1 aliphatic rings. The van der Waals surface area contributed by atoms with Crippen LogP contribution in [0.3, 0.4) is 0 Å². The fraction of sp³-hybridized carbons (Fsp3) is 0.235. The number of hydrogen-bond donors (Lipinski definition) is 1. The molecule has 4 heteroatoms. The van der Waals surface area contributed by atoms with Crippen molar-refractivity contribution in [3.05, 3.63) is 64.5 Å². The summed E-state index contributed by atoms with van der Waals surface area (Å²) in [6.45, 7) is 0.233. The average molecular weight is 286 g/mol. The van der Waals surface area contributed by atoms with E-state index in [1.165, 1.54) is 23.6 Å². The maximum atomic E-state index is 13.2. The molecule has 0 amide bonds. The van der Waals surface area contributed by atoms with Crippen molar-refractivity contribution in [1.29, 1.82) is 0 Å². The predicted octanol–water partition coefficient (Wildman–Crippen LogP) is 3.59. The number of carboxylic acids is 1. The average Bonchev–Trinajstić information content (AvgIpc) is 2.92. The molecular formula is C17H15FO3. The Labute approximate surface area is 122 Å². The van der Waals surface area contributed by atoms with Crippen LogP contribution in [0, 0.1) is 5.82 Å². The van der Waals surface area contributed by atoms with E-state index in [1.807, 2.05) is 6.07 Å². The van der Waals surface area contributed by atoms with Crippen LogP contribution in [0.2, 0.25) is 0 Å². The molecule has 3 nitrogen and oxygen atoms in total. The fourth-order valence-electron chi connectivity index (χ4n) is 2.67. The first kappa shape index (κ1) is 13.6. The molecule has 0 aliphatic heterocycles. The Bertz CT molecular complexity index is 694. The van der Waals surface area contributed by atoms with E-state index < -0.39 is 11.8 Å². The number of halogens is 1. The summed E-state index contributed by atoms with van der Waals surface area (Å²) in [5.41, 5.74) is 3.64. The highest BCUT2D eigenvalue weighted by molar-refractivity contribution is 5.90. The van der Waals surface area contributed by atoms with Crippen LogP contribution in [0.4, 0.5) is 4.39 Å². The fourth-order valence-corrected chi connectivity index (χ4v) is 2.67. The second-order valence-electron chi connectivity index (χ2n) is 5.19. The lowest BCUT2D eigenvalue weighted by Crippen LogP contribution is -2.04. The highest BCUT2D eigenvalue weighted by Crippen LogP contribution is 2.25. The van der Waals surface area contributed by atoms with Gasteiger partial charge in [0.2, 0.25) is 0 Å². The molecule has 0 spiro atoms. The summed E-state index contributed by atoms with van der Waals surface area (Å²) < 4.78 is 18.7. The van der Waals surface area contributed by atoms with E-state index in [0.29, 0.717) is 0 Å². The molecule has 2 aromatic rings. The van der Waals surface area contributed by atoms with Gasteiger partial charge in [-0.1, -0.05) is 18.2 Å². The van der Waals surface area contributed by atoms with Gasteiger partial charge < -0.3 is 9.84 Å². The Morgan fingerprint density at radius 3 is 2.76 bits per heavy atom. The lowest BCUT2D eigenvalue weighted by Gasteiger charge is -2.10. The zero-order chi connectivity index (χ0) is 14.8. The smallest absolute Gasteiger partial charge is 0.339 e. The standard InChI is InChI=1S/C17H15FO3/c18-14-6-7-15(17(19)20)16(9-14)21-10-11-4-5-12-2-1-3-13(12)8-11/h4-9H,1-3,10H2,(H,19,20). The molecule has 0 fully saturated rings. The number of fused-ring (bicyclic) bond motifs is 1. The highest BCUT2D eigenvalue weighted by atomic mass is 19.1. The van der Waals surface area contributed by atoms with Crippen LogP contribution in [0.1, 0.15) is 33.5 Å². The Morgan fingerprint density at radius 2 is 1.95 bits per heavy atom. The van der Waals surface area contributed by atoms with Gasteiger partial charge in [0, 0.05) is 6.07 Å². The molecule has 3 rings (SSSR count). The van der Waals surface area contributed by atoms with Crippen molar-refractivity contribution < 1.29 is 19.0 Å². The minimum atomic E-state index is -1.13. The van der Waals surface area contributed by atoms with Gasteiger partial charge in [-0.05, 0) is 48.1 Å². The lowest BCUT2D eigenvalue weighted by atomic mass is 10.1. The van der Waals surface area contributed by atoms with Crippen LogP contribution in [-0.4, -0.2) is 11.1 Å².